The molecule has 1 unspecified atom stereocenters. The smallest absolute Gasteiger partial charge is 0.335 e. The highest BCUT2D eigenvalue weighted by Crippen LogP contribution is 2.37. The maximum Gasteiger partial charge on any atom is 0.335 e. The summed E-state index contributed by atoms with van der Waals surface area (Å²) in [6.07, 6.45) is 8.12. The van der Waals surface area contributed by atoms with E-state index in [1.165, 1.54) is 18.1 Å². The number of hydrogen-bond acceptors (Lipinski definition) is 4. The number of aliphatic hydroxyl groups excluding tert-OH is 1. The number of hydrogen-bond donors (Lipinski definition) is 2. The predicted octanol–water partition coefficient (Wildman–Crippen LogP) is 4.00. The quantitative estimate of drug-likeness (QED) is 0.567. The van der Waals surface area contributed by atoms with Crippen molar-refractivity contribution < 1.29 is 14.6 Å². The maximum atomic E-state index is 11.9. The molecule has 4 nitrogen and oxygen atoms in total. The molecule has 0 radical (unpaired) electrons. The normalized spacial score (nSPS) is 20.7. The summed E-state index contributed by atoms with van der Waals surface area (Å²) in [5, 5.41) is 12.2. The van der Waals surface area contributed by atoms with Crippen LogP contribution < -0.4 is 5.32 Å². The van der Waals surface area contributed by atoms with E-state index in [0.29, 0.717) is 5.92 Å². The van der Waals surface area contributed by atoms with Crippen LogP contribution in [-0.4, -0.2) is 36.9 Å². The fourth-order valence-electron chi connectivity index (χ4n) is 2.82. The van der Waals surface area contributed by atoms with Gasteiger partial charge in [0.25, 0.3) is 0 Å². The number of carbonyl (C=O) groups excluding carboxylic acids is 1. The molecule has 24 heavy (non-hydrogen) atoms. The summed E-state index contributed by atoms with van der Waals surface area (Å²) in [6.45, 7) is 9.78. The summed E-state index contributed by atoms with van der Waals surface area (Å²) in [6, 6.07) is 0. The highest BCUT2D eigenvalue weighted by atomic mass is 16.6. The Hall–Kier alpha value is -1.13. The second-order valence-corrected chi connectivity index (χ2v) is 7.25. The molecule has 0 spiro atoms. The van der Waals surface area contributed by atoms with Crippen molar-refractivity contribution in [3.8, 4) is 0 Å². The molecule has 0 aromatic carbocycles. The van der Waals surface area contributed by atoms with E-state index in [2.05, 4.69) is 38.2 Å². The standard InChI is InChI=1S/C18H30O3.C2H7N/c1-13(2)7-6-12-18(5,21-17(20)15(4)19)16-10-8-14(3)9-11-16;1-3-2/h7-8,15-16,19H,6,9-12H2,1-5H3;3H,1-2H3/t15?,16-,18+;/m0./s1. The predicted molar refractivity (Wildman–Crippen MR) is 101 cm³/mol. The first-order valence-corrected chi connectivity index (χ1v) is 8.94. The van der Waals surface area contributed by atoms with Crippen LogP contribution in [0.5, 0.6) is 0 Å². The molecular formula is C20H37NO3. The SMILES string of the molecule is CC(C)=CCC[C@@](C)(OC(=O)C(C)O)[C@H]1CC=C(C)CC1.CNC. The van der Waals surface area contributed by atoms with Crippen molar-refractivity contribution in [2.75, 3.05) is 14.1 Å². The van der Waals surface area contributed by atoms with Crippen molar-refractivity contribution in [1.29, 1.82) is 0 Å². The molecule has 2 N–H and O–H groups in total. The largest absolute Gasteiger partial charge is 0.457 e. The number of aliphatic hydroxyl groups is 1. The number of carbonyl (C=O) groups is 1. The van der Waals surface area contributed by atoms with E-state index in [9.17, 15) is 9.90 Å². The monoisotopic (exact) mass is 339 g/mol. The number of allylic oxidation sites excluding steroid dienone is 4. The van der Waals surface area contributed by atoms with Crippen LogP contribution in [0.25, 0.3) is 0 Å². The zero-order valence-corrected chi connectivity index (χ0v) is 16.6. The molecule has 0 bridgehead atoms. The molecule has 4 heteroatoms. The summed E-state index contributed by atoms with van der Waals surface area (Å²) in [7, 11) is 3.75. The fourth-order valence-corrected chi connectivity index (χ4v) is 2.82. The van der Waals surface area contributed by atoms with Gasteiger partial charge >= 0.3 is 5.97 Å². The molecule has 0 saturated heterocycles. The molecule has 1 aliphatic rings. The Labute approximate surface area is 148 Å². The molecule has 0 aromatic heterocycles. The number of esters is 1. The number of rotatable bonds is 6. The molecular weight excluding hydrogens is 302 g/mol. The molecule has 0 amide bonds. The van der Waals surface area contributed by atoms with Gasteiger partial charge in [-0.25, -0.2) is 4.79 Å². The van der Waals surface area contributed by atoms with Crippen LogP contribution in [0.1, 0.15) is 66.7 Å². The van der Waals surface area contributed by atoms with E-state index < -0.39 is 17.7 Å². The van der Waals surface area contributed by atoms with Gasteiger partial charge in [0.2, 0.25) is 0 Å². The summed E-state index contributed by atoms with van der Waals surface area (Å²) in [5.74, 6) is -0.185. The van der Waals surface area contributed by atoms with E-state index in [0.717, 1.165) is 32.1 Å². The van der Waals surface area contributed by atoms with Crippen molar-refractivity contribution in [2.45, 2.75) is 78.4 Å². The zero-order chi connectivity index (χ0) is 18.8. The second-order valence-electron chi connectivity index (χ2n) is 7.25. The molecule has 0 saturated carbocycles. The minimum Gasteiger partial charge on any atom is -0.457 e. The molecule has 0 aliphatic heterocycles. The van der Waals surface area contributed by atoms with Gasteiger partial charge in [0, 0.05) is 5.92 Å². The van der Waals surface area contributed by atoms with Gasteiger partial charge < -0.3 is 15.2 Å². The number of nitrogens with one attached hydrogen (secondary N) is 1. The highest BCUT2D eigenvalue weighted by Gasteiger charge is 2.38. The van der Waals surface area contributed by atoms with Crippen molar-refractivity contribution in [2.24, 2.45) is 5.92 Å². The van der Waals surface area contributed by atoms with Crippen molar-refractivity contribution in [3.05, 3.63) is 23.3 Å². The minimum atomic E-state index is -1.06. The maximum absolute atomic E-state index is 11.9. The Balaban J connectivity index is 0.00000163. The van der Waals surface area contributed by atoms with Crippen molar-refractivity contribution in [1.82, 2.24) is 5.32 Å². The average Bonchev–Trinajstić information content (AvgIpc) is 2.48. The van der Waals surface area contributed by atoms with Crippen LogP contribution in [0, 0.1) is 5.92 Å². The highest BCUT2D eigenvalue weighted by molar-refractivity contribution is 5.74. The molecule has 3 atom stereocenters. The molecule has 140 valence electrons. The van der Waals surface area contributed by atoms with Gasteiger partial charge in [-0.1, -0.05) is 23.3 Å². The second kappa shape index (κ2) is 11.4. The van der Waals surface area contributed by atoms with E-state index in [4.69, 9.17) is 4.74 Å². The lowest BCUT2D eigenvalue weighted by atomic mass is 9.76. The Morgan fingerprint density at radius 1 is 1.50 bits per heavy atom. The Kier molecular flexibility index (Phi) is 10.9. The van der Waals surface area contributed by atoms with E-state index in [1.807, 2.05) is 21.0 Å². The third kappa shape index (κ3) is 8.65. The van der Waals surface area contributed by atoms with E-state index >= 15 is 0 Å². The first-order chi connectivity index (χ1) is 11.2. The first kappa shape index (κ1) is 22.9. The van der Waals surface area contributed by atoms with E-state index in [-0.39, 0.29) is 0 Å². The third-order valence-electron chi connectivity index (χ3n) is 4.37. The van der Waals surface area contributed by atoms with Gasteiger partial charge in [-0.05, 0) is 80.8 Å². The van der Waals surface area contributed by atoms with Gasteiger partial charge in [-0.2, -0.15) is 0 Å². The first-order valence-electron chi connectivity index (χ1n) is 8.94. The van der Waals surface area contributed by atoms with Gasteiger partial charge in [0.05, 0.1) is 0 Å². The molecule has 1 aliphatic carbocycles. The van der Waals surface area contributed by atoms with Crippen LogP contribution in [0.2, 0.25) is 0 Å². The minimum absolute atomic E-state index is 0.328. The summed E-state index contributed by atoms with van der Waals surface area (Å²) < 4.78 is 5.71. The van der Waals surface area contributed by atoms with Gasteiger partial charge in [0.1, 0.15) is 11.7 Å². The van der Waals surface area contributed by atoms with E-state index in [1.54, 1.807) is 0 Å². The van der Waals surface area contributed by atoms with Gasteiger partial charge in [-0.3, -0.25) is 0 Å². The lowest BCUT2D eigenvalue weighted by Crippen LogP contribution is -2.42. The lowest BCUT2D eigenvalue weighted by Gasteiger charge is -2.39. The van der Waals surface area contributed by atoms with Gasteiger partial charge in [0.15, 0.2) is 0 Å². The molecule has 0 heterocycles. The third-order valence-corrected chi connectivity index (χ3v) is 4.37. The Bertz CT molecular complexity index is 436. The van der Waals surface area contributed by atoms with Crippen LogP contribution in [-0.2, 0) is 9.53 Å². The lowest BCUT2D eigenvalue weighted by molar-refractivity contribution is -0.174. The van der Waals surface area contributed by atoms with Crippen LogP contribution in [0.4, 0.5) is 0 Å². The number of ether oxygens (including phenoxy) is 1. The van der Waals surface area contributed by atoms with Crippen molar-refractivity contribution >= 4 is 5.97 Å². The van der Waals surface area contributed by atoms with Crippen LogP contribution in [0.3, 0.4) is 0 Å². The van der Waals surface area contributed by atoms with Crippen LogP contribution >= 0.6 is 0 Å². The molecule has 0 aromatic rings. The topological polar surface area (TPSA) is 58.6 Å². The summed E-state index contributed by atoms with van der Waals surface area (Å²) in [5.41, 5.74) is 2.19. The van der Waals surface area contributed by atoms with Gasteiger partial charge in [-0.15, -0.1) is 0 Å². The summed E-state index contributed by atoms with van der Waals surface area (Å²) in [4.78, 5) is 11.9. The summed E-state index contributed by atoms with van der Waals surface area (Å²) >= 11 is 0. The van der Waals surface area contributed by atoms with Crippen LogP contribution in [0.15, 0.2) is 23.3 Å². The average molecular weight is 340 g/mol. The van der Waals surface area contributed by atoms with Crippen molar-refractivity contribution in [3.63, 3.8) is 0 Å². The Morgan fingerprint density at radius 2 is 2.08 bits per heavy atom. The molecule has 0 fully saturated rings. The molecule has 1 rings (SSSR count). The zero-order valence-electron chi connectivity index (χ0n) is 16.6. The Morgan fingerprint density at radius 3 is 2.50 bits per heavy atom. The fraction of sp³-hybridized carbons (Fsp3) is 0.750.